The van der Waals surface area contributed by atoms with Gasteiger partial charge in [-0.25, -0.2) is 4.79 Å². The van der Waals surface area contributed by atoms with Crippen molar-refractivity contribution in [1.29, 1.82) is 0 Å². The highest BCUT2D eigenvalue weighted by atomic mass is 16.2. The molecule has 2 heterocycles. The van der Waals surface area contributed by atoms with Crippen LogP contribution in [0.25, 0.3) is 0 Å². The van der Waals surface area contributed by atoms with Crippen LogP contribution in [0.4, 0.5) is 4.79 Å². The number of nitrogens with one attached hydrogen (secondary N) is 2. The number of imide groups is 1. The lowest BCUT2D eigenvalue weighted by Gasteiger charge is -2.26. The van der Waals surface area contributed by atoms with E-state index in [-0.39, 0.29) is 18.2 Å². The maximum Gasteiger partial charge on any atom is 0.322 e. The molecule has 7 heteroatoms. The van der Waals surface area contributed by atoms with Crippen LogP contribution >= 0.6 is 0 Å². The van der Waals surface area contributed by atoms with Crippen LogP contribution in [0, 0.1) is 0 Å². The summed E-state index contributed by atoms with van der Waals surface area (Å²) < 4.78 is 0. The van der Waals surface area contributed by atoms with Crippen LogP contribution in [-0.2, 0) is 16.0 Å². The van der Waals surface area contributed by atoms with Crippen LogP contribution in [-0.4, -0.2) is 66.4 Å². The third-order valence-corrected chi connectivity index (χ3v) is 5.20. The summed E-state index contributed by atoms with van der Waals surface area (Å²) in [4.78, 5) is 40.1. The lowest BCUT2D eigenvalue weighted by atomic mass is 10.1. The van der Waals surface area contributed by atoms with Gasteiger partial charge in [0.05, 0.1) is 0 Å². The van der Waals surface area contributed by atoms with Gasteiger partial charge < -0.3 is 15.1 Å². The fourth-order valence-corrected chi connectivity index (χ4v) is 3.70. The molecule has 2 fully saturated rings. The molecule has 0 radical (unpaired) electrons. The SMILES string of the molecule is O=C1CC[C@@H](C(=O)N2CCCN(CCCc3ccccc3)CC2)NC(=O)N1. The minimum Gasteiger partial charge on any atom is -0.340 e. The molecule has 146 valence electrons. The normalized spacial score (nSPS) is 21.8. The summed E-state index contributed by atoms with van der Waals surface area (Å²) in [6.07, 6.45) is 3.64. The lowest BCUT2D eigenvalue weighted by Crippen LogP contribution is -2.50. The Bertz CT molecular complexity index is 664. The van der Waals surface area contributed by atoms with E-state index in [0.717, 1.165) is 38.9 Å². The molecule has 1 aromatic rings. The van der Waals surface area contributed by atoms with E-state index in [1.54, 1.807) is 0 Å². The summed E-state index contributed by atoms with van der Waals surface area (Å²) in [5.74, 6) is -0.408. The van der Waals surface area contributed by atoms with E-state index >= 15 is 0 Å². The highest BCUT2D eigenvalue weighted by Crippen LogP contribution is 2.11. The summed E-state index contributed by atoms with van der Waals surface area (Å²) in [5.41, 5.74) is 1.36. The minimum atomic E-state index is -0.610. The molecule has 2 aliphatic heterocycles. The van der Waals surface area contributed by atoms with Gasteiger partial charge in [0.15, 0.2) is 0 Å². The molecule has 2 aliphatic rings. The van der Waals surface area contributed by atoms with Crippen LogP contribution in [0.15, 0.2) is 30.3 Å². The van der Waals surface area contributed by atoms with Gasteiger partial charge in [0.25, 0.3) is 0 Å². The third-order valence-electron chi connectivity index (χ3n) is 5.20. The number of amides is 4. The van der Waals surface area contributed by atoms with Crippen LogP contribution < -0.4 is 10.6 Å². The molecule has 4 amide bonds. The van der Waals surface area contributed by atoms with Gasteiger partial charge in [-0.1, -0.05) is 30.3 Å². The van der Waals surface area contributed by atoms with Gasteiger partial charge in [-0.3, -0.25) is 14.9 Å². The molecule has 3 rings (SSSR count). The Balaban J connectivity index is 1.45. The van der Waals surface area contributed by atoms with Crippen molar-refractivity contribution in [3.63, 3.8) is 0 Å². The highest BCUT2D eigenvalue weighted by molar-refractivity contribution is 5.98. The lowest BCUT2D eigenvalue weighted by molar-refractivity contribution is -0.133. The van der Waals surface area contributed by atoms with E-state index in [1.165, 1.54) is 5.56 Å². The minimum absolute atomic E-state index is 0.0778. The molecule has 0 aliphatic carbocycles. The summed E-state index contributed by atoms with van der Waals surface area (Å²) in [5, 5.41) is 4.83. The first kappa shape index (κ1) is 19.4. The summed E-state index contributed by atoms with van der Waals surface area (Å²) in [6.45, 7) is 4.21. The second kappa shape index (κ2) is 9.50. The van der Waals surface area contributed by atoms with Gasteiger partial charge in [0.1, 0.15) is 6.04 Å². The fourth-order valence-electron chi connectivity index (χ4n) is 3.70. The summed E-state index contributed by atoms with van der Waals surface area (Å²) in [6, 6.07) is 9.30. The van der Waals surface area contributed by atoms with Crippen molar-refractivity contribution in [3.05, 3.63) is 35.9 Å². The maximum atomic E-state index is 12.8. The fraction of sp³-hybridized carbons (Fsp3) is 0.550. The van der Waals surface area contributed by atoms with Gasteiger partial charge in [-0.15, -0.1) is 0 Å². The van der Waals surface area contributed by atoms with Crippen molar-refractivity contribution >= 4 is 17.8 Å². The Labute approximate surface area is 160 Å². The van der Waals surface area contributed by atoms with Crippen LogP contribution in [0.2, 0.25) is 0 Å². The zero-order chi connectivity index (χ0) is 19.1. The van der Waals surface area contributed by atoms with Crippen molar-refractivity contribution in [2.45, 2.75) is 38.1 Å². The quantitative estimate of drug-likeness (QED) is 0.812. The van der Waals surface area contributed by atoms with Crippen LogP contribution in [0.5, 0.6) is 0 Å². The van der Waals surface area contributed by atoms with E-state index in [2.05, 4.69) is 39.8 Å². The molecule has 0 spiro atoms. The Kier molecular flexibility index (Phi) is 6.81. The topological polar surface area (TPSA) is 81.8 Å². The van der Waals surface area contributed by atoms with Gasteiger partial charge in [0, 0.05) is 26.1 Å². The predicted octanol–water partition coefficient (Wildman–Crippen LogP) is 1.14. The van der Waals surface area contributed by atoms with Crippen molar-refractivity contribution in [2.75, 3.05) is 32.7 Å². The Hall–Kier alpha value is -2.41. The first-order valence-electron chi connectivity index (χ1n) is 9.77. The number of rotatable bonds is 5. The molecular formula is C20H28N4O3. The Morgan fingerprint density at radius 2 is 1.89 bits per heavy atom. The first-order chi connectivity index (χ1) is 13.1. The van der Waals surface area contributed by atoms with E-state index < -0.39 is 12.1 Å². The molecule has 0 unspecified atom stereocenters. The van der Waals surface area contributed by atoms with E-state index in [9.17, 15) is 14.4 Å². The third kappa shape index (κ3) is 5.79. The number of hydrogen-bond donors (Lipinski definition) is 2. The summed E-state index contributed by atoms with van der Waals surface area (Å²) in [7, 11) is 0. The van der Waals surface area contributed by atoms with Crippen LogP contribution in [0.1, 0.15) is 31.2 Å². The molecule has 0 aromatic heterocycles. The Morgan fingerprint density at radius 1 is 1.07 bits per heavy atom. The molecule has 2 N–H and O–H groups in total. The van der Waals surface area contributed by atoms with Crippen molar-refractivity contribution in [1.82, 2.24) is 20.4 Å². The zero-order valence-electron chi connectivity index (χ0n) is 15.7. The number of benzene rings is 1. The number of aryl methyl sites for hydroxylation is 1. The zero-order valence-corrected chi connectivity index (χ0v) is 15.7. The number of hydrogen-bond acceptors (Lipinski definition) is 4. The number of urea groups is 1. The smallest absolute Gasteiger partial charge is 0.322 e. The highest BCUT2D eigenvalue weighted by Gasteiger charge is 2.30. The maximum absolute atomic E-state index is 12.8. The van der Waals surface area contributed by atoms with E-state index in [1.807, 2.05) is 11.0 Å². The standard InChI is InChI=1S/C20H28N4O3/c25-18-10-9-17(21-20(27)22-18)19(26)24-13-5-12-23(14-15-24)11-4-8-16-6-2-1-3-7-16/h1-3,6-7,17H,4-5,8-15H2,(H2,21,22,25,27)/t17-/m0/s1. The second-order valence-electron chi connectivity index (χ2n) is 7.22. The molecule has 1 atom stereocenters. The largest absolute Gasteiger partial charge is 0.340 e. The molecule has 2 saturated heterocycles. The van der Waals surface area contributed by atoms with Gasteiger partial charge in [-0.05, 0) is 44.3 Å². The number of nitrogens with zero attached hydrogens (tertiary/aromatic N) is 2. The van der Waals surface area contributed by atoms with Crippen molar-refractivity contribution in [3.8, 4) is 0 Å². The van der Waals surface area contributed by atoms with Crippen molar-refractivity contribution < 1.29 is 14.4 Å². The van der Waals surface area contributed by atoms with E-state index in [4.69, 9.17) is 0 Å². The molecule has 0 saturated carbocycles. The van der Waals surface area contributed by atoms with Crippen LogP contribution in [0.3, 0.4) is 0 Å². The van der Waals surface area contributed by atoms with E-state index in [0.29, 0.717) is 19.5 Å². The van der Waals surface area contributed by atoms with Gasteiger partial charge >= 0.3 is 6.03 Å². The monoisotopic (exact) mass is 372 g/mol. The predicted molar refractivity (Wildman–Crippen MR) is 102 cm³/mol. The molecule has 27 heavy (non-hydrogen) atoms. The number of carbonyl (C=O) groups is 3. The second-order valence-corrected chi connectivity index (χ2v) is 7.22. The summed E-state index contributed by atoms with van der Waals surface area (Å²) >= 11 is 0. The van der Waals surface area contributed by atoms with Crippen molar-refractivity contribution in [2.24, 2.45) is 0 Å². The average Bonchev–Trinajstić information content (AvgIpc) is 3.00. The first-order valence-corrected chi connectivity index (χ1v) is 9.77. The van der Waals surface area contributed by atoms with Gasteiger partial charge in [0.2, 0.25) is 11.8 Å². The Morgan fingerprint density at radius 3 is 2.70 bits per heavy atom. The molecule has 0 bridgehead atoms. The number of carbonyl (C=O) groups excluding carboxylic acids is 3. The molecular weight excluding hydrogens is 344 g/mol. The van der Waals surface area contributed by atoms with Gasteiger partial charge in [-0.2, -0.15) is 0 Å². The molecule has 1 aromatic carbocycles. The average molecular weight is 372 g/mol. The molecule has 7 nitrogen and oxygen atoms in total.